The summed E-state index contributed by atoms with van der Waals surface area (Å²) in [7, 11) is 0. The van der Waals surface area contributed by atoms with Crippen LogP contribution in [-0.4, -0.2) is 60.4 Å². The topological polar surface area (TPSA) is 60.0 Å². The van der Waals surface area contributed by atoms with Crippen molar-refractivity contribution in [3.8, 4) is 0 Å². The average molecular weight is 513 g/mol. The predicted octanol–water partition coefficient (Wildman–Crippen LogP) is 2.97. The average Bonchev–Trinajstić information content (AvgIpc) is 3.33. The molecular formula is C22H36IN5O. The van der Waals surface area contributed by atoms with Crippen LogP contribution in [-0.2, 0) is 17.9 Å². The molecule has 0 bridgehead atoms. The van der Waals surface area contributed by atoms with Crippen LogP contribution in [0.3, 0.4) is 0 Å². The fraction of sp³-hybridized carbons (Fsp3) is 0.636. The van der Waals surface area contributed by atoms with Crippen molar-refractivity contribution in [1.29, 1.82) is 0 Å². The first kappa shape index (κ1) is 23.9. The van der Waals surface area contributed by atoms with Crippen LogP contribution in [0.15, 0.2) is 29.3 Å². The molecule has 0 saturated carbocycles. The standard InChI is InChI=1S/C22H35N5O.HI/c1-3-23-22(25-16-20-11-7-13-26(20)4-2)24-15-18-9-5-6-10-19(18)17-27-14-8-12-21(27)28;/h5-6,9-10,20H,3-4,7-8,11-17H2,1-2H3,(H2,23,24,25);1H. The van der Waals surface area contributed by atoms with Crippen LogP contribution >= 0.6 is 24.0 Å². The van der Waals surface area contributed by atoms with Gasteiger partial charge < -0.3 is 15.5 Å². The van der Waals surface area contributed by atoms with E-state index in [-0.39, 0.29) is 29.9 Å². The lowest BCUT2D eigenvalue weighted by molar-refractivity contribution is -0.128. The minimum absolute atomic E-state index is 0. The van der Waals surface area contributed by atoms with E-state index in [1.807, 2.05) is 11.0 Å². The number of aliphatic imine (C=N–C) groups is 1. The van der Waals surface area contributed by atoms with Gasteiger partial charge in [-0.05, 0) is 50.4 Å². The molecule has 2 aliphatic heterocycles. The number of halogens is 1. The molecular weight excluding hydrogens is 477 g/mol. The van der Waals surface area contributed by atoms with Crippen molar-refractivity contribution in [3.63, 3.8) is 0 Å². The van der Waals surface area contributed by atoms with Gasteiger partial charge in [0, 0.05) is 38.6 Å². The normalized spacial score (nSPS) is 20.1. The number of benzene rings is 1. The summed E-state index contributed by atoms with van der Waals surface area (Å²) in [5.74, 6) is 1.14. The van der Waals surface area contributed by atoms with Crippen molar-refractivity contribution in [2.75, 3.05) is 32.7 Å². The van der Waals surface area contributed by atoms with Gasteiger partial charge in [-0.2, -0.15) is 0 Å². The first-order valence-electron chi connectivity index (χ1n) is 10.8. The molecule has 1 unspecified atom stereocenters. The quantitative estimate of drug-likeness (QED) is 0.319. The van der Waals surface area contributed by atoms with Crippen molar-refractivity contribution in [1.82, 2.24) is 20.4 Å². The van der Waals surface area contributed by atoms with E-state index in [2.05, 4.69) is 47.6 Å². The van der Waals surface area contributed by atoms with E-state index >= 15 is 0 Å². The van der Waals surface area contributed by atoms with Crippen molar-refractivity contribution < 1.29 is 4.79 Å². The summed E-state index contributed by atoms with van der Waals surface area (Å²) >= 11 is 0. The van der Waals surface area contributed by atoms with Gasteiger partial charge in [0.15, 0.2) is 5.96 Å². The van der Waals surface area contributed by atoms with E-state index in [1.165, 1.54) is 30.5 Å². The molecule has 6 nitrogen and oxygen atoms in total. The monoisotopic (exact) mass is 513 g/mol. The SMILES string of the molecule is CCNC(=NCc1ccccc1CN1CCCC1=O)NCC1CCCN1CC.I. The van der Waals surface area contributed by atoms with Gasteiger partial charge in [0.1, 0.15) is 0 Å². The van der Waals surface area contributed by atoms with Crippen molar-refractivity contribution in [2.24, 2.45) is 4.99 Å². The van der Waals surface area contributed by atoms with Crippen LogP contribution < -0.4 is 10.6 Å². The maximum Gasteiger partial charge on any atom is 0.222 e. The first-order valence-corrected chi connectivity index (χ1v) is 10.8. The predicted molar refractivity (Wildman–Crippen MR) is 130 cm³/mol. The number of hydrogen-bond acceptors (Lipinski definition) is 3. The van der Waals surface area contributed by atoms with Gasteiger partial charge in [-0.3, -0.25) is 9.69 Å². The van der Waals surface area contributed by atoms with Gasteiger partial charge in [0.05, 0.1) is 6.54 Å². The Morgan fingerprint density at radius 3 is 2.62 bits per heavy atom. The molecule has 162 valence electrons. The largest absolute Gasteiger partial charge is 0.357 e. The highest BCUT2D eigenvalue weighted by Gasteiger charge is 2.23. The summed E-state index contributed by atoms with van der Waals surface area (Å²) < 4.78 is 0. The Labute approximate surface area is 192 Å². The summed E-state index contributed by atoms with van der Waals surface area (Å²) in [5.41, 5.74) is 2.39. The van der Waals surface area contributed by atoms with Crippen LogP contribution in [0, 0.1) is 0 Å². The van der Waals surface area contributed by atoms with Gasteiger partial charge in [0.25, 0.3) is 0 Å². The number of amides is 1. The summed E-state index contributed by atoms with van der Waals surface area (Å²) in [6, 6.07) is 8.94. The molecule has 1 atom stereocenters. The molecule has 0 aliphatic carbocycles. The molecule has 29 heavy (non-hydrogen) atoms. The number of nitrogens with one attached hydrogen (secondary N) is 2. The third kappa shape index (κ3) is 6.84. The van der Waals surface area contributed by atoms with Crippen LogP contribution in [0.25, 0.3) is 0 Å². The number of rotatable bonds is 8. The van der Waals surface area contributed by atoms with Gasteiger partial charge in [-0.15, -0.1) is 24.0 Å². The molecule has 7 heteroatoms. The molecule has 2 fully saturated rings. The Morgan fingerprint density at radius 1 is 1.14 bits per heavy atom. The fourth-order valence-corrected chi connectivity index (χ4v) is 4.21. The van der Waals surface area contributed by atoms with Crippen LogP contribution in [0.2, 0.25) is 0 Å². The molecule has 0 aromatic heterocycles. The number of carbonyl (C=O) groups is 1. The highest BCUT2D eigenvalue weighted by molar-refractivity contribution is 14.0. The van der Waals surface area contributed by atoms with E-state index < -0.39 is 0 Å². The molecule has 1 aromatic rings. The zero-order valence-electron chi connectivity index (χ0n) is 17.8. The third-order valence-electron chi connectivity index (χ3n) is 5.81. The number of guanidine groups is 1. The number of nitrogens with zero attached hydrogens (tertiary/aromatic N) is 3. The zero-order chi connectivity index (χ0) is 19.8. The second-order valence-corrected chi connectivity index (χ2v) is 7.69. The lowest BCUT2D eigenvalue weighted by atomic mass is 10.1. The van der Waals surface area contributed by atoms with Gasteiger partial charge >= 0.3 is 0 Å². The molecule has 2 saturated heterocycles. The number of hydrogen-bond donors (Lipinski definition) is 2. The molecule has 2 heterocycles. The molecule has 1 amide bonds. The number of likely N-dealkylation sites (N-methyl/N-ethyl adjacent to an activating group) is 1. The van der Waals surface area contributed by atoms with E-state index in [0.717, 1.165) is 38.6 Å². The van der Waals surface area contributed by atoms with E-state index in [9.17, 15) is 4.79 Å². The summed E-state index contributed by atoms with van der Waals surface area (Å²) in [4.78, 5) is 21.3. The number of likely N-dealkylation sites (tertiary alicyclic amines) is 2. The smallest absolute Gasteiger partial charge is 0.222 e. The zero-order valence-corrected chi connectivity index (χ0v) is 20.2. The molecule has 2 aliphatic rings. The van der Waals surface area contributed by atoms with Crippen molar-refractivity contribution in [2.45, 2.75) is 58.7 Å². The van der Waals surface area contributed by atoms with Gasteiger partial charge in [-0.1, -0.05) is 31.2 Å². The molecule has 0 spiro atoms. The van der Waals surface area contributed by atoms with Crippen LogP contribution in [0.4, 0.5) is 0 Å². The summed E-state index contributed by atoms with van der Waals surface area (Å²) in [6.45, 7) is 10.6. The van der Waals surface area contributed by atoms with Crippen molar-refractivity contribution in [3.05, 3.63) is 35.4 Å². The Hall–Kier alpha value is -1.35. The minimum Gasteiger partial charge on any atom is -0.357 e. The Bertz CT molecular complexity index is 681. The van der Waals surface area contributed by atoms with Crippen molar-refractivity contribution >= 4 is 35.8 Å². The molecule has 1 aromatic carbocycles. The van der Waals surface area contributed by atoms with Crippen LogP contribution in [0.1, 0.15) is 50.7 Å². The third-order valence-corrected chi connectivity index (χ3v) is 5.81. The lowest BCUT2D eigenvalue weighted by Crippen LogP contribution is -2.44. The molecule has 3 rings (SSSR count). The summed E-state index contributed by atoms with van der Waals surface area (Å²) in [6.07, 6.45) is 4.21. The lowest BCUT2D eigenvalue weighted by Gasteiger charge is -2.24. The number of carbonyl (C=O) groups excluding carboxylic acids is 1. The highest BCUT2D eigenvalue weighted by atomic mass is 127. The molecule has 0 radical (unpaired) electrons. The Balaban J connectivity index is 0.00000300. The van der Waals surface area contributed by atoms with E-state index in [0.29, 0.717) is 25.6 Å². The maximum absolute atomic E-state index is 12.0. The van der Waals surface area contributed by atoms with E-state index in [4.69, 9.17) is 4.99 Å². The minimum atomic E-state index is 0. The van der Waals surface area contributed by atoms with Gasteiger partial charge in [-0.25, -0.2) is 4.99 Å². The first-order chi connectivity index (χ1) is 13.7. The maximum atomic E-state index is 12.0. The van der Waals surface area contributed by atoms with E-state index in [1.54, 1.807) is 0 Å². The second kappa shape index (κ2) is 12.4. The Kier molecular flexibility index (Phi) is 10.2. The summed E-state index contributed by atoms with van der Waals surface area (Å²) in [5, 5.41) is 6.89. The van der Waals surface area contributed by atoms with Crippen LogP contribution in [0.5, 0.6) is 0 Å². The second-order valence-electron chi connectivity index (χ2n) is 7.69. The Morgan fingerprint density at radius 2 is 1.93 bits per heavy atom. The van der Waals surface area contributed by atoms with Gasteiger partial charge in [0.2, 0.25) is 5.91 Å². The molecule has 2 N–H and O–H groups in total. The highest BCUT2D eigenvalue weighted by Crippen LogP contribution is 2.18. The fourth-order valence-electron chi connectivity index (χ4n) is 4.21.